The molecule has 3 aromatic rings. The Morgan fingerprint density at radius 1 is 1.32 bits per heavy atom. The van der Waals surface area contributed by atoms with Gasteiger partial charge in [0.05, 0.1) is 35.5 Å². The average molecular weight is 385 g/mol. The first-order chi connectivity index (χ1) is 13.2. The van der Waals surface area contributed by atoms with E-state index in [2.05, 4.69) is 10.3 Å². The monoisotopic (exact) mass is 385 g/mol. The number of ether oxygens (including phenoxy) is 1. The topological polar surface area (TPSA) is 96.6 Å². The van der Waals surface area contributed by atoms with Crippen LogP contribution in [0.3, 0.4) is 0 Å². The van der Waals surface area contributed by atoms with Crippen molar-refractivity contribution in [1.82, 2.24) is 9.55 Å². The van der Waals surface area contributed by atoms with Gasteiger partial charge in [-0.25, -0.2) is 9.37 Å². The van der Waals surface area contributed by atoms with Crippen LogP contribution in [-0.4, -0.2) is 38.9 Å². The van der Waals surface area contributed by atoms with Crippen molar-refractivity contribution in [1.29, 1.82) is 0 Å². The fraction of sp³-hybridized carbons (Fsp3) is 0.300. The number of hydrogen-bond donors (Lipinski definition) is 3. The molecule has 0 spiro atoms. The Bertz CT molecular complexity index is 1120. The number of fused-ring (bicyclic) bond motifs is 1. The highest BCUT2D eigenvalue weighted by Gasteiger charge is 2.39. The maximum atomic E-state index is 14.9. The molecular formula is C20H20FN3O4. The van der Waals surface area contributed by atoms with Gasteiger partial charge >= 0.3 is 0 Å². The summed E-state index contributed by atoms with van der Waals surface area (Å²) in [5.74, 6) is -2.23. The lowest BCUT2D eigenvalue weighted by Gasteiger charge is -2.40. The molecule has 0 bridgehead atoms. The molecule has 1 fully saturated rings. The highest BCUT2D eigenvalue weighted by atomic mass is 19.1. The van der Waals surface area contributed by atoms with Crippen LogP contribution < -0.4 is 5.32 Å². The molecule has 8 heteroatoms. The van der Waals surface area contributed by atoms with Crippen LogP contribution in [0.15, 0.2) is 24.3 Å². The van der Waals surface area contributed by atoms with Crippen molar-refractivity contribution in [2.45, 2.75) is 26.3 Å². The number of aromatic hydroxyl groups is 2. The summed E-state index contributed by atoms with van der Waals surface area (Å²) in [7, 11) is 0. The SMILES string of the molecule is CC(=O)Nc1cccc2c1nc(-c1cc(C)c(O)c(O)c1F)n2C1(C)COC1. The molecule has 2 aromatic carbocycles. The van der Waals surface area contributed by atoms with Crippen LogP contribution in [0, 0.1) is 12.7 Å². The van der Waals surface area contributed by atoms with Gasteiger partial charge in [-0.05, 0) is 37.6 Å². The van der Waals surface area contributed by atoms with E-state index in [-0.39, 0.29) is 17.3 Å². The second kappa shape index (κ2) is 6.20. The van der Waals surface area contributed by atoms with Crippen LogP contribution in [-0.2, 0) is 15.1 Å². The summed E-state index contributed by atoms with van der Waals surface area (Å²) >= 11 is 0. The minimum Gasteiger partial charge on any atom is -0.504 e. The van der Waals surface area contributed by atoms with Gasteiger partial charge in [0.1, 0.15) is 11.3 Å². The maximum absolute atomic E-state index is 14.9. The smallest absolute Gasteiger partial charge is 0.221 e. The first kappa shape index (κ1) is 18.2. The summed E-state index contributed by atoms with van der Waals surface area (Å²) < 4.78 is 22.2. The van der Waals surface area contributed by atoms with E-state index in [1.54, 1.807) is 19.1 Å². The zero-order chi connectivity index (χ0) is 20.2. The minimum atomic E-state index is -0.954. The van der Waals surface area contributed by atoms with E-state index in [0.29, 0.717) is 35.5 Å². The molecule has 1 saturated heterocycles. The molecule has 0 unspecified atom stereocenters. The number of carbonyl (C=O) groups excluding carboxylic acids is 1. The summed E-state index contributed by atoms with van der Waals surface area (Å²) in [6.45, 7) is 5.78. The number of hydrogen-bond acceptors (Lipinski definition) is 5. The predicted molar refractivity (Wildman–Crippen MR) is 102 cm³/mol. The third-order valence-electron chi connectivity index (χ3n) is 5.01. The van der Waals surface area contributed by atoms with E-state index in [1.807, 2.05) is 17.6 Å². The second-order valence-corrected chi connectivity index (χ2v) is 7.37. The summed E-state index contributed by atoms with van der Waals surface area (Å²) in [4.78, 5) is 16.2. The second-order valence-electron chi connectivity index (χ2n) is 7.37. The fourth-order valence-corrected chi connectivity index (χ4v) is 3.57. The highest BCUT2D eigenvalue weighted by Crippen LogP contribution is 2.42. The minimum absolute atomic E-state index is 0.0610. The van der Waals surface area contributed by atoms with Crippen LogP contribution >= 0.6 is 0 Å². The van der Waals surface area contributed by atoms with Gasteiger partial charge in [0, 0.05) is 6.92 Å². The number of para-hydroxylation sites is 1. The van der Waals surface area contributed by atoms with Gasteiger partial charge in [0.25, 0.3) is 0 Å². The number of phenolic OH excluding ortho intramolecular Hbond substituents is 2. The van der Waals surface area contributed by atoms with Crippen molar-refractivity contribution < 1.29 is 24.1 Å². The van der Waals surface area contributed by atoms with Gasteiger partial charge in [0.15, 0.2) is 17.3 Å². The maximum Gasteiger partial charge on any atom is 0.221 e. The lowest BCUT2D eigenvalue weighted by Crippen LogP contribution is -2.49. The molecule has 0 atom stereocenters. The molecule has 2 heterocycles. The number of amides is 1. The molecule has 7 nitrogen and oxygen atoms in total. The Morgan fingerprint density at radius 2 is 2.04 bits per heavy atom. The molecule has 146 valence electrons. The Labute approximate surface area is 160 Å². The predicted octanol–water partition coefficient (Wildman–Crippen LogP) is 3.27. The summed E-state index contributed by atoms with van der Waals surface area (Å²) in [6.07, 6.45) is 0. The number of nitrogens with zero attached hydrogens (tertiary/aromatic N) is 2. The van der Waals surface area contributed by atoms with E-state index in [9.17, 15) is 19.4 Å². The van der Waals surface area contributed by atoms with Crippen LogP contribution in [0.5, 0.6) is 11.5 Å². The average Bonchev–Trinajstić information content (AvgIpc) is 3.01. The number of benzene rings is 2. The van der Waals surface area contributed by atoms with Crippen LogP contribution in [0.25, 0.3) is 22.4 Å². The number of phenols is 2. The fourth-order valence-electron chi connectivity index (χ4n) is 3.57. The van der Waals surface area contributed by atoms with Crippen molar-refractivity contribution >= 4 is 22.6 Å². The third-order valence-corrected chi connectivity index (χ3v) is 5.01. The summed E-state index contributed by atoms with van der Waals surface area (Å²) in [5, 5.41) is 22.6. The van der Waals surface area contributed by atoms with E-state index in [4.69, 9.17) is 4.74 Å². The van der Waals surface area contributed by atoms with Crippen LogP contribution in [0.2, 0.25) is 0 Å². The molecule has 1 aromatic heterocycles. The van der Waals surface area contributed by atoms with E-state index in [1.165, 1.54) is 13.0 Å². The van der Waals surface area contributed by atoms with Crippen molar-refractivity contribution in [3.63, 3.8) is 0 Å². The van der Waals surface area contributed by atoms with E-state index < -0.39 is 22.9 Å². The van der Waals surface area contributed by atoms with Crippen molar-refractivity contribution in [3.8, 4) is 22.9 Å². The molecule has 3 N–H and O–H groups in total. The first-order valence-electron chi connectivity index (χ1n) is 8.81. The van der Waals surface area contributed by atoms with Gasteiger partial charge in [-0.1, -0.05) is 6.07 Å². The number of aryl methyl sites for hydroxylation is 1. The zero-order valence-electron chi connectivity index (χ0n) is 15.7. The lowest BCUT2D eigenvalue weighted by atomic mass is 9.98. The number of carbonyl (C=O) groups is 1. The zero-order valence-corrected chi connectivity index (χ0v) is 15.7. The number of nitrogens with one attached hydrogen (secondary N) is 1. The molecule has 1 aliphatic heterocycles. The van der Waals surface area contributed by atoms with Crippen molar-refractivity contribution in [2.75, 3.05) is 18.5 Å². The largest absolute Gasteiger partial charge is 0.504 e. The number of imidazole rings is 1. The molecule has 1 aliphatic rings. The van der Waals surface area contributed by atoms with Gasteiger partial charge in [-0.3, -0.25) is 4.79 Å². The lowest BCUT2D eigenvalue weighted by molar-refractivity contribution is -0.114. The number of aromatic nitrogens is 2. The molecule has 0 saturated carbocycles. The molecule has 0 aliphatic carbocycles. The Hall–Kier alpha value is -3.13. The van der Waals surface area contributed by atoms with Crippen LogP contribution in [0.4, 0.5) is 10.1 Å². The van der Waals surface area contributed by atoms with Crippen molar-refractivity contribution in [3.05, 3.63) is 35.6 Å². The quantitative estimate of drug-likeness (QED) is 0.602. The summed E-state index contributed by atoms with van der Waals surface area (Å²) in [5.41, 5.74) is 1.64. The number of anilines is 1. The molecular weight excluding hydrogens is 365 g/mol. The molecule has 28 heavy (non-hydrogen) atoms. The molecule has 1 amide bonds. The number of halogens is 1. The third kappa shape index (κ3) is 2.60. The Balaban J connectivity index is 2.06. The Kier molecular flexibility index (Phi) is 4.04. The first-order valence-corrected chi connectivity index (χ1v) is 8.81. The van der Waals surface area contributed by atoms with Gasteiger partial charge in [-0.15, -0.1) is 0 Å². The summed E-state index contributed by atoms with van der Waals surface area (Å²) in [6, 6.07) is 6.80. The van der Waals surface area contributed by atoms with Gasteiger partial charge < -0.3 is 24.8 Å². The molecule has 0 radical (unpaired) electrons. The van der Waals surface area contributed by atoms with E-state index in [0.717, 1.165) is 0 Å². The van der Waals surface area contributed by atoms with E-state index >= 15 is 0 Å². The van der Waals surface area contributed by atoms with Crippen molar-refractivity contribution in [2.24, 2.45) is 0 Å². The Morgan fingerprint density at radius 3 is 2.64 bits per heavy atom. The standard InChI is InChI=1S/C20H20FN3O4/c1-10-7-12(15(21)18(27)17(10)26)19-23-16-13(22-11(2)25)5-4-6-14(16)24(19)20(3)8-28-9-20/h4-7,26-27H,8-9H2,1-3H3,(H,22,25). The van der Waals surface area contributed by atoms with Crippen LogP contribution in [0.1, 0.15) is 19.4 Å². The molecule has 4 rings (SSSR count). The van der Waals surface area contributed by atoms with Gasteiger partial charge in [0.2, 0.25) is 5.91 Å². The highest BCUT2D eigenvalue weighted by molar-refractivity contribution is 6.00. The normalized spacial score (nSPS) is 15.4. The number of rotatable bonds is 3. The van der Waals surface area contributed by atoms with Gasteiger partial charge in [-0.2, -0.15) is 0 Å².